The number of hydrogen-bond donors (Lipinski definition) is 1. The Kier molecular flexibility index (Phi) is 6.38. The first-order chi connectivity index (χ1) is 13.9. The van der Waals surface area contributed by atoms with Gasteiger partial charge in [0, 0.05) is 24.8 Å². The molecule has 0 unspecified atom stereocenters. The Morgan fingerprint density at radius 2 is 2.07 bits per heavy atom. The minimum atomic E-state index is -2.72. The second-order valence-electron chi connectivity index (χ2n) is 6.66. The quantitative estimate of drug-likeness (QED) is 0.613. The van der Waals surface area contributed by atoms with Crippen molar-refractivity contribution in [3.63, 3.8) is 0 Å². The normalized spacial score (nSPS) is 11.4. The Labute approximate surface area is 166 Å². The van der Waals surface area contributed by atoms with Gasteiger partial charge >= 0.3 is 0 Å². The van der Waals surface area contributed by atoms with Crippen LogP contribution < -0.4 is 10.1 Å². The van der Waals surface area contributed by atoms with Crippen molar-refractivity contribution >= 4 is 22.6 Å². The van der Waals surface area contributed by atoms with E-state index in [0.29, 0.717) is 24.4 Å². The summed E-state index contributed by atoms with van der Waals surface area (Å²) in [6, 6.07) is 7.42. The van der Waals surface area contributed by atoms with Gasteiger partial charge in [0.05, 0.1) is 30.3 Å². The van der Waals surface area contributed by atoms with Crippen molar-refractivity contribution in [3.8, 4) is 5.75 Å². The largest absolute Gasteiger partial charge is 0.490 e. The maximum atomic E-state index is 12.9. The summed E-state index contributed by atoms with van der Waals surface area (Å²) < 4.78 is 38.3. The highest BCUT2D eigenvalue weighted by Crippen LogP contribution is 2.27. The summed E-state index contributed by atoms with van der Waals surface area (Å²) in [5.74, 6) is -0.114. The number of ether oxygens (including phenoxy) is 2. The van der Waals surface area contributed by atoms with E-state index in [2.05, 4.69) is 15.4 Å². The van der Waals surface area contributed by atoms with Crippen LogP contribution in [0.25, 0.3) is 10.9 Å². The molecule has 0 radical (unpaired) electrons. The molecule has 0 saturated carbocycles. The summed E-state index contributed by atoms with van der Waals surface area (Å²) in [6.07, 6.45) is -1.09. The topological polar surface area (TPSA) is 78.3 Å². The van der Waals surface area contributed by atoms with Gasteiger partial charge in [-0.1, -0.05) is 6.07 Å². The molecular formula is C20H22F2N4O3. The molecule has 3 rings (SSSR count). The average Bonchev–Trinajstić information content (AvgIpc) is 3.07. The van der Waals surface area contributed by atoms with Crippen LogP contribution in [0.5, 0.6) is 5.75 Å². The van der Waals surface area contributed by atoms with Gasteiger partial charge in [0.1, 0.15) is 17.3 Å². The number of nitrogens with zero attached hydrogens (tertiary/aromatic N) is 3. The molecule has 1 aromatic carbocycles. The number of amides is 1. The van der Waals surface area contributed by atoms with E-state index in [1.165, 1.54) is 18.2 Å². The summed E-state index contributed by atoms with van der Waals surface area (Å²) in [7, 11) is 1.61. The van der Waals surface area contributed by atoms with E-state index in [9.17, 15) is 13.6 Å². The van der Waals surface area contributed by atoms with Gasteiger partial charge < -0.3 is 14.8 Å². The number of benzene rings is 1. The van der Waals surface area contributed by atoms with Gasteiger partial charge in [0.15, 0.2) is 0 Å². The predicted molar refractivity (Wildman–Crippen MR) is 105 cm³/mol. The van der Waals surface area contributed by atoms with E-state index in [4.69, 9.17) is 9.47 Å². The molecule has 9 heteroatoms. The molecule has 2 heterocycles. The number of pyridine rings is 1. The van der Waals surface area contributed by atoms with Crippen LogP contribution in [0.4, 0.5) is 14.6 Å². The van der Waals surface area contributed by atoms with Gasteiger partial charge in [-0.15, -0.1) is 0 Å². The number of methoxy groups -OCH3 is 1. The van der Waals surface area contributed by atoms with Crippen LogP contribution in [-0.4, -0.2) is 40.5 Å². The fourth-order valence-electron chi connectivity index (χ4n) is 2.76. The molecule has 3 aromatic rings. The van der Waals surface area contributed by atoms with E-state index in [0.717, 1.165) is 5.39 Å². The van der Waals surface area contributed by atoms with Crippen LogP contribution in [0, 0.1) is 0 Å². The van der Waals surface area contributed by atoms with Crippen LogP contribution in [0.1, 0.15) is 36.3 Å². The smallest absolute Gasteiger partial charge is 0.280 e. The Morgan fingerprint density at radius 1 is 1.28 bits per heavy atom. The third kappa shape index (κ3) is 5.05. The Morgan fingerprint density at radius 3 is 2.76 bits per heavy atom. The highest BCUT2D eigenvalue weighted by atomic mass is 19.3. The van der Waals surface area contributed by atoms with Gasteiger partial charge in [-0.25, -0.2) is 13.8 Å². The highest BCUT2D eigenvalue weighted by Gasteiger charge is 2.18. The van der Waals surface area contributed by atoms with Crippen molar-refractivity contribution in [3.05, 3.63) is 47.8 Å². The lowest BCUT2D eigenvalue weighted by Crippen LogP contribution is -2.16. The molecule has 29 heavy (non-hydrogen) atoms. The van der Waals surface area contributed by atoms with Crippen LogP contribution in [0.2, 0.25) is 0 Å². The Balaban J connectivity index is 1.94. The highest BCUT2D eigenvalue weighted by molar-refractivity contribution is 6.08. The minimum Gasteiger partial charge on any atom is -0.490 e. The molecular weight excluding hydrogens is 382 g/mol. The molecule has 154 valence electrons. The molecule has 0 aliphatic carbocycles. The Bertz CT molecular complexity index is 1000. The fraction of sp³-hybridized carbons (Fsp3) is 0.350. The zero-order valence-corrected chi connectivity index (χ0v) is 16.4. The van der Waals surface area contributed by atoms with E-state index in [1.54, 1.807) is 30.1 Å². The summed E-state index contributed by atoms with van der Waals surface area (Å²) >= 11 is 0. The van der Waals surface area contributed by atoms with Gasteiger partial charge in [0.2, 0.25) is 0 Å². The standard InChI is InChI=1S/C20H22F2N4O3/c1-12(2)29-17-10-16-13(11-26(25-16)7-8-28-3)9-14(17)20(27)24-18-6-4-5-15(23-18)19(21)22/h4-6,9-12,19H,7-8H2,1-3H3,(H,23,24,27). The van der Waals surface area contributed by atoms with Crippen molar-refractivity contribution in [2.24, 2.45) is 0 Å². The number of aromatic nitrogens is 3. The lowest BCUT2D eigenvalue weighted by atomic mass is 10.1. The molecule has 0 aliphatic rings. The fourth-order valence-corrected chi connectivity index (χ4v) is 2.76. The van der Waals surface area contributed by atoms with Crippen molar-refractivity contribution < 1.29 is 23.0 Å². The number of hydrogen-bond acceptors (Lipinski definition) is 5. The summed E-state index contributed by atoms with van der Waals surface area (Å²) in [5.41, 5.74) is 0.532. The predicted octanol–water partition coefficient (Wildman–Crippen LogP) is 4.05. The minimum absolute atomic E-state index is 0.0409. The third-order valence-electron chi connectivity index (χ3n) is 4.02. The van der Waals surface area contributed by atoms with E-state index in [1.807, 2.05) is 13.8 Å². The SMILES string of the molecule is COCCn1cc2cc(C(=O)Nc3cccc(C(F)F)n3)c(OC(C)C)cc2n1. The molecule has 0 spiro atoms. The molecule has 1 amide bonds. The van der Waals surface area contributed by atoms with Crippen LogP contribution in [-0.2, 0) is 11.3 Å². The average molecular weight is 404 g/mol. The monoisotopic (exact) mass is 404 g/mol. The van der Waals surface area contributed by atoms with Gasteiger partial charge in [0.25, 0.3) is 12.3 Å². The lowest BCUT2D eigenvalue weighted by molar-refractivity contribution is 0.102. The van der Waals surface area contributed by atoms with Crippen LogP contribution in [0.3, 0.4) is 0 Å². The van der Waals surface area contributed by atoms with E-state index >= 15 is 0 Å². The van der Waals surface area contributed by atoms with Gasteiger partial charge in [-0.3, -0.25) is 9.48 Å². The summed E-state index contributed by atoms with van der Waals surface area (Å²) in [4.78, 5) is 16.6. The maximum Gasteiger partial charge on any atom is 0.280 e. The zero-order chi connectivity index (χ0) is 21.0. The molecule has 1 N–H and O–H groups in total. The Hall–Kier alpha value is -3.07. The van der Waals surface area contributed by atoms with Gasteiger partial charge in [-0.05, 0) is 32.0 Å². The summed E-state index contributed by atoms with van der Waals surface area (Å²) in [6.45, 7) is 4.76. The summed E-state index contributed by atoms with van der Waals surface area (Å²) in [5, 5.41) is 7.77. The molecule has 7 nitrogen and oxygen atoms in total. The maximum absolute atomic E-state index is 12.9. The first-order valence-electron chi connectivity index (χ1n) is 9.10. The van der Waals surface area contributed by atoms with E-state index in [-0.39, 0.29) is 17.5 Å². The first-order valence-corrected chi connectivity index (χ1v) is 9.10. The van der Waals surface area contributed by atoms with Crippen LogP contribution >= 0.6 is 0 Å². The molecule has 0 bridgehead atoms. The van der Waals surface area contributed by atoms with Crippen molar-refractivity contribution in [2.75, 3.05) is 19.0 Å². The number of rotatable bonds is 8. The number of halogens is 2. The number of carbonyl (C=O) groups is 1. The van der Waals surface area contributed by atoms with Gasteiger partial charge in [-0.2, -0.15) is 5.10 Å². The third-order valence-corrected chi connectivity index (χ3v) is 4.02. The van der Waals surface area contributed by atoms with Crippen LogP contribution in [0.15, 0.2) is 36.5 Å². The second-order valence-corrected chi connectivity index (χ2v) is 6.66. The number of alkyl halides is 2. The van der Waals surface area contributed by atoms with Crippen molar-refractivity contribution in [2.45, 2.75) is 32.9 Å². The zero-order valence-electron chi connectivity index (χ0n) is 16.4. The molecule has 2 aromatic heterocycles. The first kappa shape index (κ1) is 20.7. The molecule has 0 atom stereocenters. The number of fused-ring (bicyclic) bond motifs is 1. The van der Waals surface area contributed by atoms with Crippen molar-refractivity contribution in [1.29, 1.82) is 0 Å². The number of anilines is 1. The molecule has 0 fully saturated rings. The van der Waals surface area contributed by atoms with Crippen molar-refractivity contribution in [1.82, 2.24) is 14.8 Å². The van der Waals surface area contributed by atoms with E-state index < -0.39 is 18.0 Å². The lowest BCUT2D eigenvalue weighted by Gasteiger charge is -2.14. The molecule has 0 saturated heterocycles. The second kappa shape index (κ2) is 8.95. The molecule has 0 aliphatic heterocycles. The number of carbonyl (C=O) groups excluding carboxylic acids is 1. The number of nitrogens with one attached hydrogen (secondary N) is 1.